The molecule has 2 saturated carbocycles. The molecule has 0 unspecified atom stereocenters. The Bertz CT molecular complexity index is 653. The van der Waals surface area contributed by atoms with Crippen molar-refractivity contribution in [2.45, 2.75) is 84.0 Å². The highest BCUT2D eigenvalue weighted by molar-refractivity contribution is 5.38. The standard InChI is InChI=1S/C26H36F2/c1-2-3-4-20-5-11-23(12-6-20)24-13-7-21(8-14-24)9-15-25-16-10-22(17-18-27)19-26(25)28/h10,16,19-21,23-24H,2-8,11-14,17-18H2,1H3/t20-,21-,23-,24-. The molecule has 154 valence electrons. The fraction of sp³-hybridized carbons (Fsp3) is 0.692. The maximum absolute atomic E-state index is 14.1. The SMILES string of the molecule is CCCC[C@H]1CC[C@H]([C@H]2CC[C@H](C#Cc3ccc(CCF)cc3F)CC2)CC1. The Morgan fingerprint density at radius 3 is 2.25 bits per heavy atom. The van der Waals surface area contributed by atoms with Gasteiger partial charge in [-0.25, -0.2) is 4.39 Å². The highest BCUT2D eigenvalue weighted by atomic mass is 19.1. The second kappa shape index (κ2) is 11.0. The minimum atomic E-state index is -0.450. The Balaban J connectivity index is 1.45. The van der Waals surface area contributed by atoms with Gasteiger partial charge < -0.3 is 0 Å². The van der Waals surface area contributed by atoms with Gasteiger partial charge in [-0.15, -0.1) is 0 Å². The molecule has 2 heteroatoms. The minimum Gasteiger partial charge on any atom is -0.251 e. The summed E-state index contributed by atoms with van der Waals surface area (Å²) in [4.78, 5) is 0. The molecule has 28 heavy (non-hydrogen) atoms. The van der Waals surface area contributed by atoms with Crippen LogP contribution in [0.4, 0.5) is 8.78 Å². The predicted octanol–water partition coefficient (Wildman–Crippen LogP) is 7.49. The molecular weight excluding hydrogens is 350 g/mol. The summed E-state index contributed by atoms with van der Waals surface area (Å²) in [7, 11) is 0. The smallest absolute Gasteiger partial charge is 0.139 e. The fourth-order valence-corrected chi connectivity index (χ4v) is 5.28. The lowest BCUT2D eigenvalue weighted by atomic mass is 9.69. The van der Waals surface area contributed by atoms with Gasteiger partial charge in [0.05, 0.1) is 12.2 Å². The summed E-state index contributed by atoms with van der Waals surface area (Å²) < 4.78 is 26.5. The quantitative estimate of drug-likeness (QED) is 0.444. The average Bonchev–Trinajstić information content (AvgIpc) is 2.73. The molecule has 2 fully saturated rings. The van der Waals surface area contributed by atoms with E-state index >= 15 is 0 Å². The second-order valence-electron chi connectivity index (χ2n) is 9.06. The molecule has 3 rings (SSSR count). The Morgan fingerprint density at radius 1 is 0.964 bits per heavy atom. The number of alkyl halides is 1. The summed E-state index contributed by atoms with van der Waals surface area (Å²) in [6.07, 6.45) is 15.1. The summed E-state index contributed by atoms with van der Waals surface area (Å²) in [5.41, 5.74) is 1.16. The summed E-state index contributed by atoms with van der Waals surface area (Å²) in [6, 6.07) is 4.92. The van der Waals surface area contributed by atoms with Crippen LogP contribution in [0.15, 0.2) is 18.2 Å². The first-order chi connectivity index (χ1) is 13.7. The molecule has 0 aliphatic heterocycles. The van der Waals surface area contributed by atoms with Gasteiger partial charge in [-0.05, 0) is 74.0 Å². The summed E-state index contributed by atoms with van der Waals surface area (Å²) in [5, 5.41) is 0. The van der Waals surface area contributed by atoms with Crippen LogP contribution in [-0.2, 0) is 6.42 Å². The zero-order valence-electron chi connectivity index (χ0n) is 17.5. The Labute approximate surface area is 170 Å². The van der Waals surface area contributed by atoms with E-state index in [1.165, 1.54) is 63.9 Å². The van der Waals surface area contributed by atoms with Crippen molar-refractivity contribution in [2.75, 3.05) is 6.67 Å². The van der Waals surface area contributed by atoms with Gasteiger partial charge in [0.15, 0.2) is 0 Å². The number of hydrogen-bond acceptors (Lipinski definition) is 0. The number of unbranched alkanes of at least 4 members (excludes halogenated alkanes) is 1. The molecule has 0 spiro atoms. The van der Waals surface area contributed by atoms with Gasteiger partial charge in [0.25, 0.3) is 0 Å². The van der Waals surface area contributed by atoms with Gasteiger partial charge >= 0.3 is 0 Å². The highest BCUT2D eigenvalue weighted by Gasteiger charge is 2.30. The Kier molecular flexibility index (Phi) is 8.38. The first-order valence-electron chi connectivity index (χ1n) is 11.6. The van der Waals surface area contributed by atoms with Crippen molar-refractivity contribution in [2.24, 2.45) is 23.7 Å². The van der Waals surface area contributed by atoms with E-state index in [0.717, 1.165) is 30.6 Å². The van der Waals surface area contributed by atoms with Crippen molar-refractivity contribution in [1.29, 1.82) is 0 Å². The summed E-state index contributed by atoms with van der Waals surface area (Å²) in [5.74, 6) is 9.28. The van der Waals surface area contributed by atoms with Crippen molar-refractivity contribution >= 4 is 0 Å². The molecule has 2 aliphatic rings. The summed E-state index contributed by atoms with van der Waals surface area (Å²) >= 11 is 0. The third-order valence-electron chi connectivity index (χ3n) is 7.12. The number of rotatable bonds is 6. The van der Waals surface area contributed by atoms with Gasteiger partial charge in [0.2, 0.25) is 0 Å². The third kappa shape index (κ3) is 6.07. The topological polar surface area (TPSA) is 0 Å². The van der Waals surface area contributed by atoms with Crippen molar-refractivity contribution in [3.8, 4) is 11.8 Å². The predicted molar refractivity (Wildman–Crippen MR) is 113 cm³/mol. The lowest BCUT2D eigenvalue weighted by molar-refractivity contribution is 0.153. The molecule has 0 N–H and O–H groups in total. The molecular formula is C26H36F2. The lowest BCUT2D eigenvalue weighted by Gasteiger charge is -2.37. The summed E-state index contributed by atoms with van der Waals surface area (Å²) in [6.45, 7) is 1.84. The largest absolute Gasteiger partial charge is 0.251 e. The lowest BCUT2D eigenvalue weighted by Crippen LogP contribution is -2.25. The molecule has 1 aromatic carbocycles. The molecule has 0 amide bonds. The van der Waals surface area contributed by atoms with E-state index in [1.807, 2.05) is 0 Å². The van der Waals surface area contributed by atoms with Crippen molar-refractivity contribution < 1.29 is 8.78 Å². The molecule has 2 aliphatic carbocycles. The van der Waals surface area contributed by atoms with E-state index in [-0.39, 0.29) is 12.2 Å². The number of aryl methyl sites for hydroxylation is 1. The van der Waals surface area contributed by atoms with E-state index in [2.05, 4.69) is 18.8 Å². The van der Waals surface area contributed by atoms with Gasteiger partial charge in [0, 0.05) is 12.3 Å². The Hall–Kier alpha value is -1.36. The molecule has 0 bridgehead atoms. The molecule has 0 nitrogen and oxygen atoms in total. The number of hydrogen-bond donors (Lipinski definition) is 0. The highest BCUT2D eigenvalue weighted by Crippen LogP contribution is 2.42. The third-order valence-corrected chi connectivity index (χ3v) is 7.12. The fourth-order valence-electron chi connectivity index (χ4n) is 5.28. The van der Waals surface area contributed by atoms with Crippen LogP contribution in [-0.4, -0.2) is 6.67 Å². The van der Waals surface area contributed by atoms with E-state index in [9.17, 15) is 8.78 Å². The van der Waals surface area contributed by atoms with Crippen LogP contribution in [0.2, 0.25) is 0 Å². The van der Waals surface area contributed by atoms with E-state index in [4.69, 9.17) is 0 Å². The van der Waals surface area contributed by atoms with Gasteiger partial charge in [0.1, 0.15) is 5.82 Å². The maximum Gasteiger partial charge on any atom is 0.139 e. The van der Waals surface area contributed by atoms with Crippen molar-refractivity contribution in [3.63, 3.8) is 0 Å². The zero-order chi connectivity index (χ0) is 19.8. The van der Waals surface area contributed by atoms with E-state index in [1.54, 1.807) is 12.1 Å². The minimum absolute atomic E-state index is 0.273. The normalized spacial score (nSPS) is 27.8. The average molecular weight is 387 g/mol. The maximum atomic E-state index is 14.1. The first-order valence-corrected chi connectivity index (χ1v) is 11.6. The molecule has 0 saturated heterocycles. The van der Waals surface area contributed by atoms with Gasteiger partial charge in [-0.2, -0.15) is 0 Å². The molecule has 0 atom stereocenters. The van der Waals surface area contributed by atoms with Crippen molar-refractivity contribution in [3.05, 3.63) is 35.1 Å². The van der Waals surface area contributed by atoms with E-state index < -0.39 is 6.67 Å². The van der Waals surface area contributed by atoms with Crippen LogP contribution < -0.4 is 0 Å². The van der Waals surface area contributed by atoms with Gasteiger partial charge in [-0.1, -0.05) is 56.9 Å². The first kappa shape index (κ1) is 21.4. The van der Waals surface area contributed by atoms with Crippen LogP contribution >= 0.6 is 0 Å². The molecule has 0 heterocycles. The van der Waals surface area contributed by atoms with E-state index in [0.29, 0.717) is 17.0 Å². The van der Waals surface area contributed by atoms with Crippen LogP contribution in [0.25, 0.3) is 0 Å². The second-order valence-corrected chi connectivity index (χ2v) is 9.06. The van der Waals surface area contributed by atoms with Crippen LogP contribution in [0.5, 0.6) is 0 Å². The number of halogens is 2. The monoisotopic (exact) mass is 386 g/mol. The number of benzene rings is 1. The van der Waals surface area contributed by atoms with Crippen LogP contribution in [0.3, 0.4) is 0 Å². The van der Waals surface area contributed by atoms with Crippen LogP contribution in [0.1, 0.15) is 88.7 Å². The van der Waals surface area contributed by atoms with Gasteiger partial charge in [-0.3, -0.25) is 4.39 Å². The molecule has 0 aromatic heterocycles. The molecule has 1 aromatic rings. The molecule has 0 radical (unpaired) electrons. The van der Waals surface area contributed by atoms with Crippen molar-refractivity contribution in [1.82, 2.24) is 0 Å². The zero-order valence-corrected chi connectivity index (χ0v) is 17.5. The van der Waals surface area contributed by atoms with Crippen LogP contribution in [0, 0.1) is 41.3 Å². The Morgan fingerprint density at radius 2 is 1.64 bits per heavy atom.